The number of nitrogens with zero attached hydrogens (tertiary/aromatic N) is 3. The number of halogens is 5. The summed E-state index contributed by atoms with van der Waals surface area (Å²) in [6, 6.07) is 16.8. The molecule has 4 aromatic rings. The van der Waals surface area contributed by atoms with Crippen LogP contribution in [-0.4, -0.2) is 38.9 Å². The lowest BCUT2D eigenvalue weighted by Gasteiger charge is -2.13. The van der Waals surface area contributed by atoms with Crippen molar-refractivity contribution in [2.75, 3.05) is 17.7 Å². The van der Waals surface area contributed by atoms with Crippen molar-refractivity contribution in [2.24, 2.45) is 0 Å². The van der Waals surface area contributed by atoms with E-state index in [2.05, 4.69) is 20.8 Å². The number of benzene rings is 3. The number of carbonyl (C=O) groups excluding carboxylic acids is 2. The molecule has 0 radical (unpaired) electrons. The summed E-state index contributed by atoms with van der Waals surface area (Å²) in [6.07, 6.45) is -4.61. The van der Waals surface area contributed by atoms with Gasteiger partial charge in [-0.15, -0.1) is 10.2 Å². The second-order valence-electron chi connectivity index (χ2n) is 8.12. The van der Waals surface area contributed by atoms with E-state index < -0.39 is 29.4 Å². The van der Waals surface area contributed by atoms with Gasteiger partial charge in [0.2, 0.25) is 5.91 Å². The molecule has 0 fully saturated rings. The maximum absolute atomic E-state index is 13.6. The molecule has 0 aliphatic rings. The molecule has 1 aromatic heterocycles. The quantitative estimate of drug-likeness (QED) is 0.186. The average Bonchev–Trinajstić information content (AvgIpc) is 3.34. The monoisotopic (exact) mass is 593 g/mol. The number of rotatable bonds is 10. The Morgan fingerprint density at radius 3 is 2.40 bits per heavy atom. The van der Waals surface area contributed by atoms with Crippen LogP contribution in [-0.2, 0) is 22.3 Å². The van der Waals surface area contributed by atoms with Crippen molar-refractivity contribution in [1.82, 2.24) is 20.1 Å². The molecular weight excluding hydrogens is 574 g/mol. The topological polar surface area (TPSA) is 98.1 Å². The highest BCUT2D eigenvalue weighted by molar-refractivity contribution is 7.99. The summed E-state index contributed by atoms with van der Waals surface area (Å²) < 4.78 is 59.6. The maximum Gasteiger partial charge on any atom is 0.416 e. The van der Waals surface area contributed by atoms with E-state index in [9.17, 15) is 27.2 Å². The molecular formula is C26H20ClF4N5O3S. The van der Waals surface area contributed by atoms with Crippen LogP contribution in [0, 0.1) is 5.82 Å². The number of aromatic nitrogens is 3. The Hall–Kier alpha value is -4.10. The molecule has 0 atom stereocenters. The zero-order chi connectivity index (χ0) is 28.7. The van der Waals surface area contributed by atoms with Crippen molar-refractivity contribution in [1.29, 1.82) is 0 Å². The normalized spacial score (nSPS) is 11.2. The minimum atomic E-state index is -4.61. The molecule has 0 aliphatic heterocycles. The van der Waals surface area contributed by atoms with Crippen LogP contribution in [0.5, 0.6) is 5.75 Å². The molecule has 3 aromatic carbocycles. The molecule has 2 amide bonds. The van der Waals surface area contributed by atoms with Crippen molar-refractivity contribution in [3.05, 3.63) is 95.0 Å². The number of alkyl halides is 3. The van der Waals surface area contributed by atoms with Gasteiger partial charge in [-0.05, 0) is 54.6 Å². The number of anilines is 1. The molecule has 0 bridgehead atoms. The van der Waals surface area contributed by atoms with E-state index >= 15 is 0 Å². The first-order valence-electron chi connectivity index (χ1n) is 11.5. The van der Waals surface area contributed by atoms with Gasteiger partial charge >= 0.3 is 6.18 Å². The number of hydrogen-bond acceptors (Lipinski definition) is 6. The first kappa shape index (κ1) is 28.9. The van der Waals surface area contributed by atoms with Crippen molar-refractivity contribution in [3.8, 4) is 11.4 Å². The van der Waals surface area contributed by atoms with Gasteiger partial charge in [0.25, 0.3) is 5.91 Å². The van der Waals surface area contributed by atoms with Crippen LogP contribution < -0.4 is 15.4 Å². The fourth-order valence-electron chi connectivity index (χ4n) is 3.37. The van der Waals surface area contributed by atoms with E-state index in [0.717, 1.165) is 30.0 Å². The lowest BCUT2D eigenvalue weighted by atomic mass is 10.2. The van der Waals surface area contributed by atoms with E-state index in [1.165, 1.54) is 28.8 Å². The number of ether oxygens (including phenoxy) is 1. The molecule has 14 heteroatoms. The maximum atomic E-state index is 13.6. The summed E-state index contributed by atoms with van der Waals surface area (Å²) in [4.78, 5) is 24.9. The highest BCUT2D eigenvalue weighted by Gasteiger charge is 2.31. The van der Waals surface area contributed by atoms with Gasteiger partial charge in [-0.1, -0.05) is 41.6 Å². The van der Waals surface area contributed by atoms with Gasteiger partial charge < -0.3 is 15.4 Å². The highest BCUT2D eigenvalue weighted by atomic mass is 35.5. The second kappa shape index (κ2) is 12.8. The van der Waals surface area contributed by atoms with Crippen LogP contribution in [0.4, 0.5) is 23.2 Å². The summed E-state index contributed by atoms with van der Waals surface area (Å²) in [5.41, 5.74) is -0.694. The van der Waals surface area contributed by atoms with Gasteiger partial charge in [0.05, 0.1) is 28.6 Å². The minimum Gasteiger partial charge on any atom is -0.484 e. The lowest BCUT2D eigenvalue weighted by molar-refractivity contribution is -0.137. The van der Waals surface area contributed by atoms with Crippen LogP contribution >= 0.6 is 23.4 Å². The fourth-order valence-corrected chi connectivity index (χ4v) is 4.30. The van der Waals surface area contributed by atoms with Gasteiger partial charge in [0.1, 0.15) is 11.6 Å². The summed E-state index contributed by atoms with van der Waals surface area (Å²) in [5.74, 6) is -1.00. The van der Waals surface area contributed by atoms with Crippen molar-refractivity contribution >= 4 is 40.9 Å². The molecule has 0 spiro atoms. The Bertz CT molecular complexity index is 1480. The summed E-state index contributed by atoms with van der Waals surface area (Å²) >= 11 is 6.89. The Morgan fingerprint density at radius 2 is 1.70 bits per heavy atom. The Kier molecular flexibility index (Phi) is 9.27. The molecule has 208 valence electrons. The summed E-state index contributed by atoms with van der Waals surface area (Å²) in [7, 11) is 0. The molecule has 40 heavy (non-hydrogen) atoms. The number of para-hydroxylation sites is 1. The Morgan fingerprint density at radius 1 is 0.975 bits per heavy atom. The zero-order valence-electron chi connectivity index (χ0n) is 20.4. The van der Waals surface area contributed by atoms with Crippen LogP contribution in [0.1, 0.15) is 11.4 Å². The third-order valence-electron chi connectivity index (χ3n) is 5.24. The smallest absolute Gasteiger partial charge is 0.416 e. The molecule has 2 N–H and O–H groups in total. The molecule has 4 rings (SSSR count). The number of hydrogen-bond donors (Lipinski definition) is 2. The Balaban J connectivity index is 1.44. The molecule has 0 unspecified atom stereocenters. The third-order valence-corrected chi connectivity index (χ3v) is 6.50. The number of nitrogens with one attached hydrogen (secondary N) is 2. The third kappa shape index (κ3) is 7.73. The van der Waals surface area contributed by atoms with Gasteiger partial charge in [-0.3, -0.25) is 14.2 Å². The molecule has 0 saturated carbocycles. The molecule has 0 saturated heterocycles. The summed E-state index contributed by atoms with van der Waals surface area (Å²) in [5, 5.41) is 13.4. The van der Waals surface area contributed by atoms with Crippen LogP contribution in [0.3, 0.4) is 0 Å². The Labute approximate surface area is 234 Å². The first-order valence-corrected chi connectivity index (χ1v) is 12.9. The summed E-state index contributed by atoms with van der Waals surface area (Å²) in [6.45, 7) is -0.303. The van der Waals surface area contributed by atoms with E-state index in [-0.39, 0.29) is 40.6 Å². The minimum absolute atomic E-state index is 0.0601. The largest absolute Gasteiger partial charge is 0.484 e. The van der Waals surface area contributed by atoms with E-state index in [0.29, 0.717) is 11.4 Å². The van der Waals surface area contributed by atoms with Crippen LogP contribution in [0.25, 0.3) is 5.69 Å². The van der Waals surface area contributed by atoms with Gasteiger partial charge in [-0.2, -0.15) is 13.2 Å². The number of amides is 2. The molecule has 1 heterocycles. The SMILES string of the molecule is O=C(COc1ccccc1)NCc1nnc(SCC(=O)Nc2cc(C(F)(F)F)ccc2Cl)n1-c1ccc(F)cc1. The van der Waals surface area contributed by atoms with Gasteiger partial charge in [-0.25, -0.2) is 4.39 Å². The average molecular weight is 594 g/mol. The number of carbonyl (C=O) groups is 2. The van der Waals surface area contributed by atoms with Crippen molar-refractivity contribution in [2.45, 2.75) is 17.9 Å². The standard InChI is InChI=1S/C26H20ClF4N5O3S/c27-20-11-6-16(26(29,30)31)12-21(20)33-24(38)15-40-25-35-34-22(36(25)18-9-7-17(28)8-10-18)13-32-23(37)14-39-19-4-2-1-3-5-19/h1-12H,13-15H2,(H,32,37)(H,33,38). The predicted octanol–water partition coefficient (Wildman–Crippen LogP) is 5.50. The van der Waals surface area contributed by atoms with E-state index in [1.54, 1.807) is 24.3 Å². The lowest BCUT2D eigenvalue weighted by Crippen LogP contribution is -2.29. The van der Waals surface area contributed by atoms with Crippen molar-refractivity contribution < 1.29 is 31.9 Å². The molecule has 0 aliphatic carbocycles. The number of thioether (sulfide) groups is 1. The van der Waals surface area contributed by atoms with Gasteiger partial charge in [0, 0.05) is 5.69 Å². The van der Waals surface area contributed by atoms with Crippen LogP contribution in [0.15, 0.2) is 78.0 Å². The zero-order valence-corrected chi connectivity index (χ0v) is 22.0. The van der Waals surface area contributed by atoms with Gasteiger partial charge in [0.15, 0.2) is 17.6 Å². The van der Waals surface area contributed by atoms with Crippen LogP contribution in [0.2, 0.25) is 5.02 Å². The molecule has 8 nitrogen and oxygen atoms in total. The first-order chi connectivity index (χ1) is 19.1. The second-order valence-corrected chi connectivity index (χ2v) is 9.47. The van der Waals surface area contributed by atoms with E-state index in [4.69, 9.17) is 16.3 Å². The predicted molar refractivity (Wildman–Crippen MR) is 141 cm³/mol. The van der Waals surface area contributed by atoms with E-state index in [1.807, 2.05) is 6.07 Å². The fraction of sp³-hybridized carbons (Fsp3) is 0.154. The highest BCUT2D eigenvalue weighted by Crippen LogP contribution is 2.34. The van der Waals surface area contributed by atoms with Crippen molar-refractivity contribution in [3.63, 3.8) is 0 Å².